The highest BCUT2D eigenvalue weighted by atomic mass is 19.1. The fourth-order valence-electron chi connectivity index (χ4n) is 4.43. The fraction of sp³-hybridized carbons (Fsp3) is 0.241. The summed E-state index contributed by atoms with van der Waals surface area (Å²) >= 11 is 0. The minimum atomic E-state index is -0.937. The molecule has 2 aromatic carbocycles. The van der Waals surface area contributed by atoms with Gasteiger partial charge in [-0.15, -0.1) is 0 Å². The Bertz CT molecular complexity index is 1680. The number of ether oxygens (including phenoxy) is 2. The van der Waals surface area contributed by atoms with Crippen LogP contribution in [0.5, 0.6) is 17.2 Å². The number of amides is 1. The van der Waals surface area contributed by atoms with Gasteiger partial charge in [-0.3, -0.25) is 14.2 Å². The van der Waals surface area contributed by atoms with E-state index in [9.17, 15) is 18.4 Å². The molecule has 1 fully saturated rings. The number of hydrogen-bond acceptors (Lipinski definition) is 8. The van der Waals surface area contributed by atoms with Crippen LogP contribution in [0.1, 0.15) is 12.8 Å². The highest BCUT2D eigenvalue weighted by molar-refractivity contribution is 5.99. The Balaban J connectivity index is 1.45. The maximum Gasteiger partial charge on any atom is 0.294 e. The van der Waals surface area contributed by atoms with Gasteiger partial charge < -0.3 is 25.0 Å². The van der Waals surface area contributed by atoms with E-state index in [0.717, 1.165) is 38.1 Å². The van der Waals surface area contributed by atoms with Gasteiger partial charge in [0.1, 0.15) is 23.3 Å². The third-order valence-electron chi connectivity index (χ3n) is 6.67. The largest absolute Gasteiger partial charge is 0.488 e. The van der Waals surface area contributed by atoms with Crippen molar-refractivity contribution in [2.24, 2.45) is 7.05 Å². The number of likely N-dealkylation sites (tertiary alicyclic amines) is 1. The summed E-state index contributed by atoms with van der Waals surface area (Å²) in [5.74, 6) is -1.80. The molecular formula is C29H28F2N6O4. The topological polar surface area (TPSA) is 111 Å². The summed E-state index contributed by atoms with van der Waals surface area (Å²) in [6.45, 7) is 5.32. The van der Waals surface area contributed by atoms with Crippen LogP contribution in [0.2, 0.25) is 0 Å². The smallest absolute Gasteiger partial charge is 0.294 e. The first-order chi connectivity index (χ1) is 19.7. The van der Waals surface area contributed by atoms with Gasteiger partial charge in [-0.25, -0.2) is 13.8 Å². The first-order valence-corrected chi connectivity index (χ1v) is 12.9. The molecule has 4 aromatic rings. The molecule has 1 aliphatic heterocycles. The molecule has 10 nitrogen and oxygen atoms in total. The molecule has 2 N–H and O–H groups in total. The molecule has 41 heavy (non-hydrogen) atoms. The SMILES string of the molecule is C=CC(=O)Nc1ccc(OC2CCN(C)CC2)c(Nc2ncc3cc(Oc4ccc(F)cc4F)c(=O)n(C)c3n2)c1. The van der Waals surface area contributed by atoms with Crippen molar-refractivity contribution in [3.05, 3.63) is 83.3 Å². The van der Waals surface area contributed by atoms with E-state index in [4.69, 9.17) is 9.47 Å². The van der Waals surface area contributed by atoms with Crippen LogP contribution >= 0.6 is 0 Å². The van der Waals surface area contributed by atoms with Crippen LogP contribution in [0, 0.1) is 11.6 Å². The van der Waals surface area contributed by atoms with Crippen molar-refractivity contribution in [3.63, 3.8) is 0 Å². The summed E-state index contributed by atoms with van der Waals surface area (Å²) in [6, 6.07) is 9.39. The van der Waals surface area contributed by atoms with Crippen LogP contribution in [-0.2, 0) is 11.8 Å². The third kappa shape index (κ3) is 6.33. The average Bonchev–Trinajstić information content (AvgIpc) is 2.95. The van der Waals surface area contributed by atoms with Crippen molar-refractivity contribution in [1.29, 1.82) is 0 Å². The zero-order valence-corrected chi connectivity index (χ0v) is 22.5. The highest BCUT2D eigenvalue weighted by Gasteiger charge is 2.20. The summed E-state index contributed by atoms with van der Waals surface area (Å²) in [6.07, 6.45) is 4.41. The monoisotopic (exact) mass is 562 g/mol. The maximum absolute atomic E-state index is 14.1. The molecule has 0 unspecified atom stereocenters. The minimum absolute atomic E-state index is 0.0167. The van der Waals surface area contributed by atoms with E-state index >= 15 is 0 Å². The van der Waals surface area contributed by atoms with E-state index in [1.807, 2.05) is 0 Å². The van der Waals surface area contributed by atoms with Crippen molar-refractivity contribution in [2.45, 2.75) is 18.9 Å². The Morgan fingerprint density at radius 1 is 1.07 bits per heavy atom. The van der Waals surface area contributed by atoms with Gasteiger partial charge >= 0.3 is 0 Å². The Morgan fingerprint density at radius 2 is 1.83 bits per heavy atom. The first kappa shape index (κ1) is 27.7. The Kier molecular flexibility index (Phi) is 7.92. The standard InChI is InChI=1S/C29H28F2N6O4/c1-4-26(38)33-19-6-8-24(40-20-9-11-36(2)12-10-20)22(15-19)34-29-32-16-17-13-25(28(39)37(3)27(17)35-29)41-23-7-5-18(30)14-21(23)31/h4-8,13-16,20H,1,9-12H2,2-3H3,(H,33,38)(H,32,34,35). The van der Waals surface area contributed by atoms with Crippen LogP contribution in [0.15, 0.2) is 66.1 Å². The van der Waals surface area contributed by atoms with E-state index in [-0.39, 0.29) is 35.1 Å². The average molecular weight is 563 g/mol. The van der Waals surface area contributed by atoms with Gasteiger partial charge in [0.25, 0.3) is 5.56 Å². The molecule has 0 bridgehead atoms. The number of nitrogens with zero attached hydrogens (tertiary/aromatic N) is 4. The number of pyridine rings is 1. The highest BCUT2D eigenvalue weighted by Crippen LogP contribution is 2.33. The van der Waals surface area contributed by atoms with Gasteiger partial charge in [0.05, 0.1) is 5.69 Å². The van der Waals surface area contributed by atoms with Crippen LogP contribution in [-0.4, -0.2) is 51.6 Å². The summed E-state index contributed by atoms with van der Waals surface area (Å²) < 4.78 is 40.4. The van der Waals surface area contributed by atoms with Crippen LogP contribution in [0.4, 0.5) is 26.1 Å². The molecule has 3 heterocycles. The zero-order chi connectivity index (χ0) is 29.1. The normalized spacial score (nSPS) is 14.0. The quantitative estimate of drug-likeness (QED) is 0.297. The lowest BCUT2D eigenvalue weighted by Gasteiger charge is -2.30. The summed E-state index contributed by atoms with van der Waals surface area (Å²) in [5.41, 5.74) is 0.734. The number of piperidine rings is 1. The molecule has 12 heteroatoms. The number of aryl methyl sites for hydroxylation is 1. The lowest BCUT2D eigenvalue weighted by atomic mass is 10.1. The molecule has 0 saturated carbocycles. The van der Waals surface area contributed by atoms with Gasteiger partial charge in [-0.2, -0.15) is 4.98 Å². The lowest BCUT2D eigenvalue weighted by molar-refractivity contribution is -0.111. The van der Waals surface area contributed by atoms with Crippen molar-refractivity contribution < 1.29 is 23.0 Å². The second-order valence-electron chi connectivity index (χ2n) is 9.67. The number of anilines is 3. The number of carbonyl (C=O) groups excluding carboxylic acids is 1. The molecule has 0 atom stereocenters. The van der Waals surface area contributed by atoms with Gasteiger partial charge in [0.15, 0.2) is 17.3 Å². The number of carbonyl (C=O) groups is 1. The maximum atomic E-state index is 14.1. The predicted octanol–water partition coefficient (Wildman–Crippen LogP) is 4.74. The number of aromatic nitrogens is 3. The Morgan fingerprint density at radius 3 is 2.56 bits per heavy atom. The molecule has 5 rings (SSSR count). The van der Waals surface area contributed by atoms with Gasteiger partial charge in [-0.05, 0) is 62.4 Å². The van der Waals surface area contributed by atoms with Crippen molar-refractivity contribution >= 4 is 34.3 Å². The van der Waals surface area contributed by atoms with Crippen LogP contribution < -0.4 is 25.7 Å². The van der Waals surface area contributed by atoms with Gasteiger partial charge in [0, 0.05) is 43.5 Å². The van der Waals surface area contributed by atoms with Crippen molar-refractivity contribution in [3.8, 4) is 17.2 Å². The van der Waals surface area contributed by atoms with Crippen LogP contribution in [0.25, 0.3) is 11.0 Å². The number of hydrogen-bond donors (Lipinski definition) is 2. The molecule has 212 valence electrons. The fourth-order valence-corrected chi connectivity index (χ4v) is 4.43. The van der Waals surface area contributed by atoms with Gasteiger partial charge in [0.2, 0.25) is 11.9 Å². The predicted molar refractivity (Wildman–Crippen MR) is 151 cm³/mol. The van der Waals surface area contributed by atoms with E-state index in [1.54, 1.807) is 18.2 Å². The van der Waals surface area contributed by atoms with Crippen LogP contribution in [0.3, 0.4) is 0 Å². The number of nitrogens with one attached hydrogen (secondary N) is 2. The second kappa shape index (κ2) is 11.7. The van der Waals surface area contributed by atoms with E-state index in [0.29, 0.717) is 28.6 Å². The summed E-state index contributed by atoms with van der Waals surface area (Å²) in [4.78, 5) is 36.0. The summed E-state index contributed by atoms with van der Waals surface area (Å²) in [7, 11) is 3.57. The van der Waals surface area contributed by atoms with E-state index in [2.05, 4.69) is 39.1 Å². The molecular weight excluding hydrogens is 534 g/mol. The molecule has 1 aliphatic rings. The van der Waals surface area contributed by atoms with E-state index < -0.39 is 17.2 Å². The van der Waals surface area contributed by atoms with Crippen molar-refractivity contribution in [2.75, 3.05) is 30.8 Å². The Hall–Kier alpha value is -4.84. The molecule has 0 aliphatic carbocycles. The molecule has 1 saturated heterocycles. The van der Waals surface area contributed by atoms with Crippen molar-refractivity contribution in [1.82, 2.24) is 19.4 Å². The lowest BCUT2D eigenvalue weighted by Crippen LogP contribution is -2.35. The zero-order valence-electron chi connectivity index (χ0n) is 22.5. The third-order valence-corrected chi connectivity index (χ3v) is 6.67. The van der Waals surface area contributed by atoms with Gasteiger partial charge in [-0.1, -0.05) is 6.58 Å². The number of halogens is 2. The number of rotatable bonds is 8. The molecule has 0 radical (unpaired) electrons. The second-order valence-corrected chi connectivity index (χ2v) is 9.67. The minimum Gasteiger partial charge on any atom is -0.488 e. The molecule has 2 aromatic heterocycles. The number of benzene rings is 2. The summed E-state index contributed by atoms with van der Waals surface area (Å²) in [5, 5.41) is 6.32. The Labute approximate surface area is 234 Å². The first-order valence-electron chi connectivity index (χ1n) is 12.9. The molecule has 1 amide bonds. The molecule has 0 spiro atoms. The van der Waals surface area contributed by atoms with E-state index in [1.165, 1.54) is 30.0 Å². The number of fused-ring (bicyclic) bond motifs is 1.